The highest BCUT2D eigenvalue weighted by Crippen LogP contribution is 2.20. The maximum absolute atomic E-state index is 4.32. The summed E-state index contributed by atoms with van der Waals surface area (Å²) in [6.07, 6.45) is 5.14. The van der Waals surface area contributed by atoms with Crippen LogP contribution in [0.2, 0.25) is 0 Å². The molecule has 2 rings (SSSR count). The Morgan fingerprint density at radius 3 is 2.94 bits per heavy atom. The van der Waals surface area contributed by atoms with Gasteiger partial charge >= 0.3 is 0 Å². The molecular weight excluding hydrogens is 290 g/mol. The fraction of sp³-hybridized carbons (Fsp3) is 0.357. The highest BCUT2D eigenvalue weighted by Gasteiger charge is 2.00. The molecule has 18 heavy (non-hydrogen) atoms. The van der Waals surface area contributed by atoms with E-state index in [1.165, 1.54) is 11.1 Å². The van der Waals surface area contributed by atoms with Crippen LogP contribution in [0.1, 0.15) is 24.5 Å². The molecule has 0 spiro atoms. The van der Waals surface area contributed by atoms with Crippen LogP contribution < -0.4 is 5.32 Å². The Balaban J connectivity index is 1.95. The van der Waals surface area contributed by atoms with Gasteiger partial charge in [-0.25, -0.2) is 0 Å². The Hall–Kier alpha value is -1.29. The van der Waals surface area contributed by atoms with Crippen LogP contribution in [0.15, 0.2) is 35.1 Å². The molecule has 1 aromatic carbocycles. The summed E-state index contributed by atoms with van der Waals surface area (Å²) in [7, 11) is 0. The molecule has 1 N–H and O–H groups in total. The predicted octanol–water partition coefficient (Wildman–Crippen LogP) is 3.98. The van der Waals surface area contributed by atoms with E-state index >= 15 is 0 Å². The molecule has 1 heterocycles. The van der Waals surface area contributed by atoms with Crippen LogP contribution in [-0.4, -0.2) is 9.78 Å². The number of hydrogen-bond donors (Lipinski definition) is 1. The summed E-state index contributed by atoms with van der Waals surface area (Å²) in [4.78, 5) is 0. The molecule has 0 aliphatic carbocycles. The normalized spacial score (nSPS) is 10.6. The van der Waals surface area contributed by atoms with Gasteiger partial charge in [-0.2, -0.15) is 5.10 Å². The Morgan fingerprint density at radius 2 is 2.22 bits per heavy atom. The quantitative estimate of drug-likeness (QED) is 0.905. The molecule has 0 aliphatic rings. The van der Waals surface area contributed by atoms with Crippen LogP contribution in [0.3, 0.4) is 0 Å². The zero-order valence-corrected chi connectivity index (χ0v) is 12.4. The van der Waals surface area contributed by atoms with Gasteiger partial charge in [0, 0.05) is 35.0 Å². The molecular formula is C14H18BrN3. The molecule has 0 aliphatic heterocycles. The van der Waals surface area contributed by atoms with E-state index in [-0.39, 0.29) is 0 Å². The van der Waals surface area contributed by atoms with Crippen LogP contribution >= 0.6 is 15.9 Å². The van der Waals surface area contributed by atoms with Gasteiger partial charge in [-0.3, -0.25) is 4.68 Å². The van der Waals surface area contributed by atoms with E-state index in [1.54, 1.807) is 0 Å². The molecule has 0 saturated heterocycles. The van der Waals surface area contributed by atoms with Gasteiger partial charge in [0.25, 0.3) is 0 Å². The molecule has 96 valence electrons. The number of rotatable bonds is 5. The summed E-state index contributed by atoms with van der Waals surface area (Å²) in [5.41, 5.74) is 3.59. The van der Waals surface area contributed by atoms with Crippen molar-refractivity contribution in [2.75, 3.05) is 5.32 Å². The largest absolute Gasteiger partial charge is 0.381 e. The molecule has 0 atom stereocenters. The third-order valence-corrected chi connectivity index (χ3v) is 3.68. The lowest BCUT2D eigenvalue weighted by Crippen LogP contribution is -1.99. The molecule has 0 fully saturated rings. The highest BCUT2D eigenvalue weighted by atomic mass is 79.9. The second-order valence-electron chi connectivity index (χ2n) is 4.43. The van der Waals surface area contributed by atoms with E-state index in [9.17, 15) is 0 Å². The van der Waals surface area contributed by atoms with E-state index in [0.29, 0.717) is 0 Å². The Labute approximate surface area is 116 Å². The number of benzene rings is 1. The van der Waals surface area contributed by atoms with Gasteiger partial charge in [0.15, 0.2) is 0 Å². The van der Waals surface area contributed by atoms with Crippen LogP contribution in [0.5, 0.6) is 0 Å². The van der Waals surface area contributed by atoms with Crippen molar-refractivity contribution in [3.05, 3.63) is 46.2 Å². The molecule has 0 bridgehead atoms. The summed E-state index contributed by atoms with van der Waals surface area (Å²) in [6.45, 7) is 6.04. The van der Waals surface area contributed by atoms with Crippen LogP contribution in [0, 0.1) is 6.92 Å². The second-order valence-corrected chi connectivity index (χ2v) is 5.28. The van der Waals surface area contributed by atoms with E-state index in [1.807, 2.05) is 10.9 Å². The van der Waals surface area contributed by atoms with Crippen molar-refractivity contribution in [1.82, 2.24) is 9.78 Å². The van der Waals surface area contributed by atoms with Gasteiger partial charge in [-0.15, -0.1) is 0 Å². The summed E-state index contributed by atoms with van der Waals surface area (Å²) in [5, 5.41) is 7.73. The molecule has 4 heteroatoms. The molecule has 0 unspecified atom stereocenters. The number of hydrogen-bond acceptors (Lipinski definition) is 2. The van der Waals surface area contributed by atoms with E-state index in [2.05, 4.69) is 64.6 Å². The molecule has 0 radical (unpaired) electrons. The first-order valence-electron chi connectivity index (χ1n) is 6.20. The predicted molar refractivity (Wildman–Crippen MR) is 78.7 cm³/mol. The minimum absolute atomic E-state index is 0.810. The fourth-order valence-electron chi connectivity index (χ4n) is 1.81. The average Bonchev–Trinajstić information content (AvgIpc) is 2.79. The Bertz CT molecular complexity index is 520. The molecule has 2 aromatic rings. The van der Waals surface area contributed by atoms with Crippen molar-refractivity contribution in [2.24, 2.45) is 0 Å². The molecule has 3 nitrogen and oxygen atoms in total. The van der Waals surface area contributed by atoms with Crippen molar-refractivity contribution in [3.8, 4) is 0 Å². The number of aromatic nitrogens is 2. The number of aryl methyl sites for hydroxylation is 2. The van der Waals surface area contributed by atoms with Crippen molar-refractivity contribution in [1.29, 1.82) is 0 Å². The van der Waals surface area contributed by atoms with Crippen molar-refractivity contribution in [3.63, 3.8) is 0 Å². The van der Waals surface area contributed by atoms with Crippen molar-refractivity contribution < 1.29 is 0 Å². The summed E-state index contributed by atoms with van der Waals surface area (Å²) < 4.78 is 3.13. The topological polar surface area (TPSA) is 29.9 Å². The number of halogens is 1. The van der Waals surface area contributed by atoms with Crippen molar-refractivity contribution in [2.45, 2.75) is 33.4 Å². The molecule has 0 saturated carbocycles. The van der Waals surface area contributed by atoms with Gasteiger partial charge in [-0.1, -0.05) is 22.9 Å². The van der Waals surface area contributed by atoms with Gasteiger partial charge in [0.05, 0.1) is 6.20 Å². The first-order chi connectivity index (χ1) is 8.69. The summed E-state index contributed by atoms with van der Waals surface area (Å²) >= 11 is 3.50. The first-order valence-corrected chi connectivity index (χ1v) is 6.99. The van der Waals surface area contributed by atoms with Gasteiger partial charge in [0.1, 0.15) is 0 Å². The Kier molecular flexibility index (Phi) is 4.42. The standard InChI is InChI=1S/C14H18BrN3/c1-3-6-18-10-12(9-17-18)8-16-13-4-5-14(15)11(2)7-13/h4-5,7,9-10,16H,3,6,8H2,1-2H3. The van der Waals surface area contributed by atoms with Gasteiger partial charge < -0.3 is 5.32 Å². The summed E-state index contributed by atoms with van der Waals surface area (Å²) in [5.74, 6) is 0. The fourth-order valence-corrected chi connectivity index (χ4v) is 2.05. The number of nitrogens with one attached hydrogen (secondary N) is 1. The van der Waals surface area contributed by atoms with Crippen LogP contribution in [-0.2, 0) is 13.1 Å². The smallest absolute Gasteiger partial charge is 0.0539 e. The Morgan fingerprint density at radius 1 is 1.39 bits per heavy atom. The third kappa shape index (κ3) is 3.35. The van der Waals surface area contributed by atoms with Crippen LogP contribution in [0.25, 0.3) is 0 Å². The van der Waals surface area contributed by atoms with E-state index in [0.717, 1.165) is 29.7 Å². The third-order valence-electron chi connectivity index (χ3n) is 2.79. The minimum Gasteiger partial charge on any atom is -0.381 e. The monoisotopic (exact) mass is 307 g/mol. The maximum Gasteiger partial charge on any atom is 0.0539 e. The first kappa shape index (κ1) is 13.1. The van der Waals surface area contributed by atoms with Gasteiger partial charge in [-0.05, 0) is 37.1 Å². The second kappa shape index (κ2) is 6.05. The number of nitrogens with zero attached hydrogens (tertiary/aromatic N) is 2. The summed E-state index contributed by atoms with van der Waals surface area (Å²) in [6, 6.07) is 6.28. The molecule has 0 amide bonds. The SMILES string of the molecule is CCCn1cc(CNc2ccc(Br)c(C)c2)cn1. The molecule has 1 aromatic heterocycles. The number of anilines is 1. The van der Waals surface area contributed by atoms with Gasteiger partial charge in [0.2, 0.25) is 0 Å². The van der Waals surface area contributed by atoms with Crippen molar-refractivity contribution >= 4 is 21.6 Å². The van der Waals surface area contributed by atoms with Crippen LogP contribution in [0.4, 0.5) is 5.69 Å². The minimum atomic E-state index is 0.810. The zero-order chi connectivity index (χ0) is 13.0. The van der Waals surface area contributed by atoms with E-state index < -0.39 is 0 Å². The average molecular weight is 308 g/mol. The maximum atomic E-state index is 4.32. The highest BCUT2D eigenvalue weighted by molar-refractivity contribution is 9.10. The zero-order valence-electron chi connectivity index (χ0n) is 10.8. The lowest BCUT2D eigenvalue weighted by atomic mass is 10.2. The lowest BCUT2D eigenvalue weighted by molar-refractivity contribution is 0.602. The lowest BCUT2D eigenvalue weighted by Gasteiger charge is -2.06. The van der Waals surface area contributed by atoms with E-state index in [4.69, 9.17) is 0 Å².